The van der Waals surface area contributed by atoms with E-state index < -0.39 is 48.1 Å². The van der Waals surface area contributed by atoms with Crippen molar-refractivity contribution in [3.63, 3.8) is 0 Å². The summed E-state index contributed by atoms with van der Waals surface area (Å²) >= 11 is 0. The maximum Gasteiger partial charge on any atom is 0.303 e. The predicted molar refractivity (Wildman–Crippen MR) is 111 cm³/mol. The minimum atomic E-state index is -0.926. The Hall–Kier alpha value is -1.71. The molecule has 0 N–H and O–H groups in total. The van der Waals surface area contributed by atoms with E-state index in [9.17, 15) is 14.4 Å². The SMILES string of the molecule is CCC(C)(C)COCC(C)(C)OC1C[C@@H](OC(C)=O)[C@@H](OC(C)=O)[C@@H](COC(C)=O)O1. The van der Waals surface area contributed by atoms with E-state index in [0.717, 1.165) is 6.42 Å². The van der Waals surface area contributed by atoms with Gasteiger partial charge < -0.3 is 28.4 Å². The quantitative estimate of drug-likeness (QED) is 0.350. The molecule has 0 aliphatic carbocycles. The molecular formula is C22H38O9. The first-order valence-corrected chi connectivity index (χ1v) is 10.6. The molecule has 0 bridgehead atoms. The summed E-state index contributed by atoms with van der Waals surface area (Å²) in [7, 11) is 0. The van der Waals surface area contributed by atoms with Crippen molar-refractivity contribution in [1.29, 1.82) is 0 Å². The molecule has 9 nitrogen and oxygen atoms in total. The van der Waals surface area contributed by atoms with Gasteiger partial charge in [0.25, 0.3) is 0 Å². The summed E-state index contributed by atoms with van der Waals surface area (Å²) in [6.07, 6.45) is -2.24. The molecule has 0 saturated carbocycles. The lowest BCUT2D eigenvalue weighted by Gasteiger charge is -2.42. The van der Waals surface area contributed by atoms with Crippen molar-refractivity contribution < 1.29 is 42.8 Å². The topological polar surface area (TPSA) is 107 Å². The summed E-state index contributed by atoms with van der Waals surface area (Å²) in [6, 6.07) is 0. The molecule has 0 spiro atoms. The van der Waals surface area contributed by atoms with Gasteiger partial charge in [0.15, 0.2) is 12.4 Å². The van der Waals surface area contributed by atoms with Gasteiger partial charge in [-0.25, -0.2) is 0 Å². The smallest absolute Gasteiger partial charge is 0.303 e. The Morgan fingerprint density at radius 1 is 0.935 bits per heavy atom. The summed E-state index contributed by atoms with van der Waals surface area (Å²) < 4.78 is 33.7. The van der Waals surface area contributed by atoms with Crippen molar-refractivity contribution in [1.82, 2.24) is 0 Å². The predicted octanol–water partition coefficient (Wildman–Crippen LogP) is 2.78. The number of esters is 3. The van der Waals surface area contributed by atoms with Gasteiger partial charge in [0, 0.05) is 27.2 Å². The second kappa shape index (κ2) is 11.8. The van der Waals surface area contributed by atoms with Crippen LogP contribution in [0.4, 0.5) is 0 Å². The van der Waals surface area contributed by atoms with Crippen molar-refractivity contribution in [3.8, 4) is 0 Å². The Labute approximate surface area is 185 Å². The van der Waals surface area contributed by atoms with Gasteiger partial charge in [0.1, 0.15) is 18.8 Å². The van der Waals surface area contributed by atoms with Crippen molar-refractivity contribution in [2.24, 2.45) is 5.41 Å². The fourth-order valence-electron chi connectivity index (χ4n) is 3.04. The zero-order valence-electron chi connectivity index (χ0n) is 20.0. The number of hydrogen-bond acceptors (Lipinski definition) is 9. The largest absolute Gasteiger partial charge is 0.463 e. The van der Waals surface area contributed by atoms with Crippen LogP contribution in [-0.2, 0) is 42.8 Å². The first kappa shape index (κ1) is 27.3. The highest BCUT2D eigenvalue weighted by molar-refractivity contribution is 5.67. The van der Waals surface area contributed by atoms with Gasteiger partial charge in [0.2, 0.25) is 0 Å². The van der Waals surface area contributed by atoms with Crippen LogP contribution in [0.15, 0.2) is 0 Å². The first-order chi connectivity index (χ1) is 14.2. The van der Waals surface area contributed by atoms with Crippen LogP contribution in [0.1, 0.15) is 68.2 Å². The van der Waals surface area contributed by atoms with Crippen LogP contribution in [0.5, 0.6) is 0 Å². The average molecular weight is 447 g/mol. The maximum atomic E-state index is 11.6. The maximum absolute atomic E-state index is 11.6. The molecule has 1 saturated heterocycles. The lowest BCUT2D eigenvalue weighted by molar-refractivity contribution is -0.293. The first-order valence-electron chi connectivity index (χ1n) is 10.6. The number of hydrogen-bond donors (Lipinski definition) is 0. The second-order valence-corrected chi connectivity index (χ2v) is 9.25. The highest BCUT2D eigenvalue weighted by Gasteiger charge is 2.45. The molecule has 0 aromatic carbocycles. The molecule has 180 valence electrons. The van der Waals surface area contributed by atoms with Crippen LogP contribution in [0, 0.1) is 5.41 Å². The average Bonchev–Trinajstić information content (AvgIpc) is 2.60. The molecule has 0 amide bonds. The fraction of sp³-hybridized carbons (Fsp3) is 0.864. The van der Waals surface area contributed by atoms with Gasteiger partial charge in [-0.1, -0.05) is 20.8 Å². The van der Waals surface area contributed by atoms with Crippen LogP contribution < -0.4 is 0 Å². The highest BCUT2D eigenvalue weighted by atomic mass is 16.7. The van der Waals surface area contributed by atoms with Gasteiger partial charge in [-0.3, -0.25) is 14.4 Å². The van der Waals surface area contributed by atoms with Crippen LogP contribution >= 0.6 is 0 Å². The third-order valence-electron chi connectivity index (χ3n) is 4.90. The number of carbonyl (C=O) groups excluding carboxylic acids is 3. The molecular weight excluding hydrogens is 408 g/mol. The van der Waals surface area contributed by atoms with Crippen LogP contribution in [0.2, 0.25) is 0 Å². The van der Waals surface area contributed by atoms with Gasteiger partial charge in [-0.15, -0.1) is 0 Å². The molecule has 1 unspecified atom stereocenters. The third kappa shape index (κ3) is 10.4. The molecule has 1 aliphatic rings. The Morgan fingerprint density at radius 2 is 1.55 bits per heavy atom. The summed E-state index contributed by atoms with van der Waals surface area (Å²) in [4.78, 5) is 34.5. The fourth-order valence-corrected chi connectivity index (χ4v) is 3.04. The summed E-state index contributed by atoms with van der Waals surface area (Å²) in [5.74, 6) is -1.60. The molecule has 0 radical (unpaired) electrons. The van der Waals surface area contributed by atoms with Crippen LogP contribution in [-0.4, -0.2) is 67.9 Å². The van der Waals surface area contributed by atoms with E-state index in [2.05, 4.69) is 20.8 Å². The number of ether oxygens (including phenoxy) is 6. The van der Waals surface area contributed by atoms with Crippen molar-refractivity contribution in [2.75, 3.05) is 19.8 Å². The molecule has 9 heteroatoms. The zero-order valence-corrected chi connectivity index (χ0v) is 20.0. The van der Waals surface area contributed by atoms with E-state index in [1.165, 1.54) is 20.8 Å². The van der Waals surface area contributed by atoms with Gasteiger partial charge in [-0.05, 0) is 25.7 Å². The summed E-state index contributed by atoms with van der Waals surface area (Å²) in [6.45, 7) is 14.6. The lowest BCUT2D eigenvalue weighted by Crippen LogP contribution is -2.55. The molecule has 1 heterocycles. The second-order valence-electron chi connectivity index (χ2n) is 9.25. The standard InChI is InChI=1S/C22H38O9/c1-9-21(5,6)12-26-13-22(7,8)31-19-10-17(28-15(3)24)20(29-16(4)25)18(30-19)11-27-14(2)23/h17-20H,9-13H2,1-8H3/t17-,18-,19?,20-/m1/s1. The van der Waals surface area contributed by atoms with Crippen LogP contribution in [0.3, 0.4) is 0 Å². The molecule has 1 aliphatic heterocycles. The van der Waals surface area contributed by atoms with E-state index in [4.69, 9.17) is 28.4 Å². The Morgan fingerprint density at radius 3 is 2.06 bits per heavy atom. The zero-order chi connectivity index (χ0) is 23.8. The van der Waals surface area contributed by atoms with Crippen molar-refractivity contribution in [3.05, 3.63) is 0 Å². The molecule has 31 heavy (non-hydrogen) atoms. The molecule has 4 atom stereocenters. The monoisotopic (exact) mass is 446 g/mol. The molecule has 1 fully saturated rings. The highest BCUT2D eigenvalue weighted by Crippen LogP contribution is 2.30. The Kier molecular flexibility index (Phi) is 10.4. The minimum Gasteiger partial charge on any atom is -0.463 e. The Balaban J connectivity index is 2.90. The van der Waals surface area contributed by atoms with E-state index in [0.29, 0.717) is 13.2 Å². The van der Waals surface area contributed by atoms with Gasteiger partial charge in [-0.2, -0.15) is 0 Å². The summed E-state index contributed by atoms with van der Waals surface area (Å²) in [5.41, 5.74) is -0.639. The molecule has 0 aromatic heterocycles. The van der Waals surface area contributed by atoms with E-state index in [1.807, 2.05) is 13.8 Å². The van der Waals surface area contributed by atoms with Crippen molar-refractivity contribution in [2.45, 2.75) is 98.4 Å². The van der Waals surface area contributed by atoms with Crippen molar-refractivity contribution >= 4 is 17.9 Å². The normalized spacial score (nSPS) is 24.4. The minimum absolute atomic E-state index is 0.0597. The number of carbonyl (C=O) groups is 3. The summed E-state index contributed by atoms with van der Waals surface area (Å²) in [5, 5.41) is 0. The lowest BCUT2D eigenvalue weighted by atomic mass is 9.92. The Bertz CT molecular complexity index is 614. The van der Waals surface area contributed by atoms with Crippen LogP contribution in [0.25, 0.3) is 0 Å². The number of rotatable bonds is 11. The van der Waals surface area contributed by atoms with Gasteiger partial charge >= 0.3 is 17.9 Å². The van der Waals surface area contributed by atoms with E-state index in [-0.39, 0.29) is 18.4 Å². The molecule has 0 aromatic rings. The molecule has 1 rings (SSSR count). The van der Waals surface area contributed by atoms with E-state index in [1.54, 1.807) is 0 Å². The van der Waals surface area contributed by atoms with E-state index >= 15 is 0 Å². The third-order valence-corrected chi connectivity index (χ3v) is 4.90. The van der Waals surface area contributed by atoms with Gasteiger partial charge in [0.05, 0.1) is 18.8 Å².